The molecule has 0 fully saturated rings. The number of carboxylic acids is 1. The number of hydrogen-bond donors (Lipinski definition) is 1. The zero-order chi connectivity index (χ0) is 19.9. The summed E-state index contributed by atoms with van der Waals surface area (Å²) in [5.41, 5.74) is 0. The second kappa shape index (κ2) is 9.11. The van der Waals surface area contributed by atoms with Crippen LogP contribution in [0, 0.1) is 0 Å². The SMILES string of the molecule is CC(C)(C)[Si](OC(CCCC=O)C(=O)O)(c1ccccc1)c1ccccc1. The van der Waals surface area contributed by atoms with Crippen LogP contribution < -0.4 is 10.4 Å². The number of carboxylic acid groups (broad SMARTS) is 1. The highest BCUT2D eigenvalue weighted by molar-refractivity contribution is 6.99. The molecule has 0 heterocycles. The second-order valence-corrected chi connectivity index (χ2v) is 12.0. The summed E-state index contributed by atoms with van der Waals surface area (Å²) in [4.78, 5) is 22.6. The highest BCUT2D eigenvalue weighted by atomic mass is 28.4. The lowest BCUT2D eigenvalue weighted by Gasteiger charge is -2.44. The smallest absolute Gasteiger partial charge is 0.331 e. The first kappa shape index (κ1) is 21.1. The van der Waals surface area contributed by atoms with Crippen LogP contribution in [0.2, 0.25) is 5.04 Å². The van der Waals surface area contributed by atoms with Crippen LogP contribution in [0.1, 0.15) is 40.0 Å². The molecular formula is C22H28O4Si. The van der Waals surface area contributed by atoms with Crippen LogP contribution in [0.5, 0.6) is 0 Å². The normalized spacial score (nSPS) is 13.1. The van der Waals surface area contributed by atoms with E-state index in [-0.39, 0.29) is 5.04 Å². The van der Waals surface area contributed by atoms with Crippen LogP contribution in [0.25, 0.3) is 0 Å². The van der Waals surface area contributed by atoms with Crippen molar-refractivity contribution < 1.29 is 19.1 Å². The molecule has 1 N–H and O–H groups in total. The van der Waals surface area contributed by atoms with Crippen molar-refractivity contribution in [3.63, 3.8) is 0 Å². The fourth-order valence-corrected chi connectivity index (χ4v) is 8.18. The van der Waals surface area contributed by atoms with E-state index in [4.69, 9.17) is 4.43 Å². The maximum absolute atomic E-state index is 12.0. The largest absolute Gasteiger partial charge is 0.479 e. The molecule has 0 aliphatic heterocycles. The molecule has 0 bridgehead atoms. The molecule has 27 heavy (non-hydrogen) atoms. The molecule has 1 unspecified atom stereocenters. The van der Waals surface area contributed by atoms with Gasteiger partial charge in [-0.05, 0) is 28.3 Å². The lowest BCUT2D eigenvalue weighted by Crippen LogP contribution is -2.68. The second-order valence-electron chi connectivity index (χ2n) is 7.71. The lowest BCUT2D eigenvalue weighted by atomic mass is 10.2. The van der Waals surface area contributed by atoms with Crippen molar-refractivity contribution >= 4 is 30.9 Å². The molecule has 2 rings (SSSR count). The van der Waals surface area contributed by atoms with Crippen molar-refractivity contribution in [2.24, 2.45) is 0 Å². The molecule has 144 valence electrons. The van der Waals surface area contributed by atoms with Crippen molar-refractivity contribution in [3.05, 3.63) is 60.7 Å². The van der Waals surface area contributed by atoms with E-state index in [1.807, 2.05) is 60.7 Å². The van der Waals surface area contributed by atoms with Crippen LogP contribution in [0.4, 0.5) is 0 Å². The van der Waals surface area contributed by atoms with Gasteiger partial charge in [0.2, 0.25) is 0 Å². The molecule has 2 aromatic carbocycles. The molecule has 4 nitrogen and oxygen atoms in total. The first-order valence-corrected chi connectivity index (χ1v) is 11.2. The predicted molar refractivity (Wildman–Crippen MR) is 110 cm³/mol. The number of aliphatic carboxylic acids is 1. The molecular weight excluding hydrogens is 356 g/mol. The Hall–Kier alpha value is -2.24. The van der Waals surface area contributed by atoms with Crippen molar-refractivity contribution in [1.29, 1.82) is 0 Å². The fourth-order valence-electron chi connectivity index (χ4n) is 3.52. The van der Waals surface area contributed by atoms with Crippen LogP contribution in [0.3, 0.4) is 0 Å². The summed E-state index contributed by atoms with van der Waals surface area (Å²) >= 11 is 0. The number of benzene rings is 2. The number of carbonyl (C=O) groups excluding carboxylic acids is 1. The average Bonchev–Trinajstić information content (AvgIpc) is 2.65. The third-order valence-corrected chi connectivity index (χ3v) is 9.84. The Morgan fingerprint density at radius 1 is 1.04 bits per heavy atom. The maximum Gasteiger partial charge on any atom is 0.331 e. The quantitative estimate of drug-likeness (QED) is 0.409. The van der Waals surface area contributed by atoms with E-state index in [0.717, 1.165) is 16.7 Å². The molecule has 5 heteroatoms. The van der Waals surface area contributed by atoms with E-state index in [1.54, 1.807) is 0 Å². The van der Waals surface area contributed by atoms with Gasteiger partial charge < -0.3 is 14.3 Å². The zero-order valence-electron chi connectivity index (χ0n) is 16.2. The summed E-state index contributed by atoms with van der Waals surface area (Å²) in [6, 6.07) is 19.9. The summed E-state index contributed by atoms with van der Waals surface area (Å²) in [5.74, 6) is -0.978. The van der Waals surface area contributed by atoms with Gasteiger partial charge in [-0.15, -0.1) is 0 Å². The van der Waals surface area contributed by atoms with E-state index in [0.29, 0.717) is 19.3 Å². The minimum atomic E-state index is -2.90. The Bertz CT molecular complexity index is 698. The molecule has 0 aromatic heterocycles. The lowest BCUT2D eigenvalue weighted by molar-refractivity contribution is -0.146. The molecule has 0 aliphatic rings. The van der Waals surface area contributed by atoms with Crippen LogP contribution >= 0.6 is 0 Å². The maximum atomic E-state index is 12.0. The first-order valence-electron chi connectivity index (χ1n) is 9.28. The Morgan fingerprint density at radius 2 is 1.52 bits per heavy atom. The minimum Gasteiger partial charge on any atom is -0.479 e. The van der Waals surface area contributed by atoms with Gasteiger partial charge in [-0.25, -0.2) is 4.79 Å². The van der Waals surface area contributed by atoms with Crippen molar-refractivity contribution in [3.8, 4) is 0 Å². The van der Waals surface area contributed by atoms with Gasteiger partial charge in [-0.3, -0.25) is 0 Å². The third kappa shape index (κ3) is 4.73. The minimum absolute atomic E-state index is 0.284. The van der Waals surface area contributed by atoms with Crippen molar-refractivity contribution in [1.82, 2.24) is 0 Å². The van der Waals surface area contributed by atoms with Gasteiger partial charge in [-0.2, -0.15) is 0 Å². The number of unbranched alkanes of at least 4 members (excludes halogenated alkanes) is 1. The van der Waals surface area contributed by atoms with Gasteiger partial charge in [0.25, 0.3) is 8.32 Å². The summed E-state index contributed by atoms with van der Waals surface area (Å²) < 4.78 is 6.61. The van der Waals surface area contributed by atoms with Gasteiger partial charge >= 0.3 is 5.97 Å². The topological polar surface area (TPSA) is 63.6 Å². The number of hydrogen-bond acceptors (Lipinski definition) is 3. The van der Waals surface area contributed by atoms with Gasteiger partial charge in [0.1, 0.15) is 12.4 Å². The molecule has 1 atom stereocenters. The highest BCUT2D eigenvalue weighted by Crippen LogP contribution is 2.38. The van der Waals surface area contributed by atoms with Crippen LogP contribution in [0.15, 0.2) is 60.7 Å². The molecule has 0 amide bonds. The van der Waals surface area contributed by atoms with Gasteiger partial charge in [0, 0.05) is 6.42 Å². The van der Waals surface area contributed by atoms with Gasteiger partial charge in [0.05, 0.1) is 0 Å². The summed E-state index contributed by atoms with van der Waals surface area (Å²) in [7, 11) is -2.90. The van der Waals surface area contributed by atoms with E-state index < -0.39 is 20.4 Å². The number of aldehydes is 1. The van der Waals surface area contributed by atoms with Gasteiger partial charge in [0.15, 0.2) is 0 Å². The van der Waals surface area contributed by atoms with E-state index in [1.165, 1.54) is 0 Å². The predicted octanol–water partition coefficient (Wildman–Crippen LogP) is 3.39. The Kier molecular flexibility index (Phi) is 7.10. The third-order valence-electron chi connectivity index (χ3n) is 4.80. The van der Waals surface area contributed by atoms with Gasteiger partial charge in [-0.1, -0.05) is 81.4 Å². The summed E-state index contributed by atoms with van der Waals surface area (Å²) in [6.45, 7) is 6.34. The highest BCUT2D eigenvalue weighted by Gasteiger charge is 2.52. The van der Waals surface area contributed by atoms with Crippen LogP contribution in [-0.2, 0) is 14.0 Å². The standard InChI is InChI=1S/C22H28O4Si/c1-22(2,3)27(18-12-6-4-7-13-18,19-14-8-5-9-15-19)26-20(21(24)25)16-10-11-17-23/h4-9,12-15,17,20H,10-11,16H2,1-3H3,(H,24,25). The molecule has 0 saturated heterocycles. The molecule has 0 radical (unpaired) electrons. The monoisotopic (exact) mass is 384 g/mol. The average molecular weight is 385 g/mol. The number of carbonyl (C=O) groups is 2. The van der Waals surface area contributed by atoms with Crippen LogP contribution in [-0.4, -0.2) is 31.8 Å². The van der Waals surface area contributed by atoms with Crippen molar-refractivity contribution in [2.75, 3.05) is 0 Å². The first-order chi connectivity index (χ1) is 12.8. The summed E-state index contributed by atoms with van der Waals surface area (Å²) in [5, 5.41) is 11.6. The van der Waals surface area contributed by atoms with E-state index in [9.17, 15) is 14.7 Å². The zero-order valence-corrected chi connectivity index (χ0v) is 17.2. The molecule has 0 saturated carbocycles. The Morgan fingerprint density at radius 3 is 1.89 bits per heavy atom. The fraction of sp³-hybridized carbons (Fsp3) is 0.364. The van der Waals surface area contributed by atoms with E-state index >= 15 is 0 Å². The molecule has 0 spiro atoms. The Balaban J connectivity index is 2.60. The number of rotatable bonds is 9. The van der Waals surface area contributed by atoms with Crippen molar-refractivity contribution in [2.45, 2.75) is 51.2 Å². The van der Waals surface area contributed by atoms with E-state index in [2.05, 4.69) is 20.8 Å². The summed E-state index contributed by atoms with van der Waals surface area (Å²) in [6.07, 6.45) is 1.03. The Labute approximate surface area is 162 Å². The molecule has 2 aromatic rings. The molecule has 0 aliphatic carbocycles.